The zero-order valence-corrected chi connectivity index (χ0v) is 4.52. The van der Waals surface area contributed by atoms with E-state index in [0.29, 0.717) is 6.42 Å². The van der Waals surface area contributed by atoms with Crippen molar-refractivity contribution in [1.29, 1.82) is 0 Å². The molecule has 3 heteroatoms. The van der Waals surface area contributed by atoms with Crippen LogP contribution in [0.25, 0.3) is 0 Å². The molecule has 42 valence electrons. The second kappa shape index (κ2) is 5.48. The first-order chi connectivity index (χ1) is 3.18. The van der Waals surface area contributed by atoms with Gasteiger partial charge in [0.1, 0.15) is 0 Å². The predicted molar refractivity (Wildman–Crippen MR) is 33.1 cm³/mol. The first kappa shape index (κ1) is 11.2. The molecule has 0 bridgehead atoms. The van der Waals surface area contributed by atoms with Gasteiger partial charge in [0.2, 0.25) is 0 Å². The first-order valence-corrected chi connectivity index (χ1v) is 2.22. The summed E-state index contributed by atoms with van der Waals surface area (Å²) in [5, 5.41) is 0. The third kappa shape index (κ3) is 4.50. The van der Waals surface area contributed by atoms with Gasteiger partial charge in [-0.3, -0.25) is 9.59 Å². The average molecular weight is 124 g/mol. The van der Waals surface area contributed by atoms with E-state index in [1.54, 1.807) is 6.92 Å². The summed E-state index contributed by atoms with van der Waals surface area (Å²) in [6.45, 7) is 2.95. The Hall–Kier alpha value is 0.340. The van der Waals surface area contributed by atoms with Crippen molar-refractivity contribution in [1.82, 2.24) is 0 Å². The van der Waals surface area contributed by atoms with Crippen molar-refractivity contribution in [3.63, 3.8) is 0 Å². The van der Waals surface area contributed by atoms with Gasteiger partial charge in [0.05, 0.1) is 0 Å². The van der Waals surface area contributed by atoms with Crippen molar-refractivity contribution in [2.75, 3.05) is 0 Å². The molecule has 0 aliphatic rings. The number of carbonyl (C=O) groups is 2. The molecule has 0 amide bonds. The van der Waals surface area contributed by atoms with Gasteiger partial charge in [-0.05, 0) is 0 Å². The molecule has 0 aliphatic carbocycles. The molecule has 0 spiro atoms. The van der Waals surface area contributed by atoms with Crippen molar-refractivity contribution >= 4 is 41.1 Å². The monoisotopic (exact) mass is 124 g/mol. The van der Waals surface area contributed by atoms with Gasteiger partial charge in [0, 0.05) is 13.3 Å². The Labute approximate surface area is 70.9 Å². The summed E-state index contributed by atoms with van der Waals surface area (Å²) in [6.07, 6.45) is 0.329. The molecule has 0 rings (SSSR count). The zero-order valence-electron chi connectivity index (χ0n) is 4.52. The third-order valence-corrected chi connectivity index (χ3v) is 0.714. The molecule has 0 aliphatic heterocycles. The standard InChI is InChI=1S/C5H8O2.Na.H/c1-3-5(7)4(2)6;;/h3H2,1-2H3;;. The minimum atomic E-state index is -0.345. The van der Waals surface area contributed by atoms with Crippen LogP contribution in [-0.4, -0.2) is 41.1 Å². The van der Waals surface area contributed by atoms with E-state index in [9.17, 15) is 9.59 Å². The van der Waals surface area contributed by atoms with E-state index in [2.05, 4.69) is 0 Å². The maximum atomic E-state index is 10.2. The second-order valence-corrected chi connectivity index (χ2v) is 1.33. The molecule has 0 saturated heterocycles. The summed E-state index contributed by atoms with van der Waals surface area (Å²) in [4.78, 5) is 20.2. The molecule has 0 saturated carbocycles. The van der Waals surface area contributed by atoms with Crippen LogP contribution in [0.3, 0.4) is 0 Å². The molecule has 0 heterocycles. The molecule has 0 aromatic rings. The van der Waals surface area contributed by atoms with E-state index < -0.39 is 0 Å². The van der Waals surface area contributed by atoms with E-state index in [-0.39, 0.29) is 41.1 Å². The summed E-state index contributed by atoms with van der Waals surface area (Å²) in [5.41, 5.74) is 0. The molecule has 0 atom stereocenters. The van der Waals surface area contributed by atoms with Gasteiger partial charge in [-0.2, -0.15) is 0 Å². The molecule has 8 heavy (non-hydrogen) atoms. The van der Waals surface area contributed by atoms with Gasteiger partial charge >= 0.3 is 29.6 Å². The van der Waals surface area contributed by atoms with E-state index >= 15 is 0 Å². The first-order valence-electron chi connectivity index (χ1n) is 2.22. The predicted octanol–water partition coefficient (Wildman–Crippen LogP) is -0.0940. The summed E-state index contributed by atoms with van der Waals surface area (Å²) in [6, 6.07) is 0. The summed E-state index contributed by atoms with van der Waals surface area (Å²) < 4.78 is 0. The number of rotatable bonds is 2. The molecule has 0 fully saturated rings. The summed E-state index contributed by atoms with van der Waals surface area (Å²) >= 11 is 0. The number of hydrogen-bond acceptors (Lipinski definition) is 2. The summed E-state index contributed by atoms with van der Waals surface area (Å²) in [7, 11) is 0. The Morgan fingerprint density at radius 1 is 1.38 bits per heavy atom. The maximum absolute atomic E-state index is 10.2. The summed E-state index contributed by atoms with van der Waals surface area (Å²) in [5.74, 6) is -0.637. The van der Waals surface area contributed by atoms with Crippen molar-refractivity contribution in [3.8, 4) is 0 Å². The number of Topliss-reactive ketones (excluding diaryl/α,β-unsaturated/α-hetero) is 2. The molecule has 0 aromatic carbocycles. The molecule has 0 aromatic heterocycles. The van der Waals surface area contributed by atoms with Gasteiger partial charge in [-0.15, -0.1) is 0 Å². The van der Waals surface area contributed by atoms with Crippen LogP contribution in [0.15, 0.2) is 0 Å². The van der Waals surface area contributed by atoms with Crippen molar-refractivity contribution in [3.05, 3.63) is 0 Å². The quantitative estimate of drug-likeness (QED) is 0.380. The Balaban J connectivity index is 0. The van der Waals surface area contributed by atoms with Crippen LogP contribution in [-0.2, 0) is 9.59 Å². The van der Waals surface area contributed by atoms with Gasteiger partial charge in [-0.1, -0.05) is 6.92 Å². The van der Waals surface area contributed by atoms with Crippen LogP contribution < -0.4 is 0 Å². The normalized spacial score (nSPS) is 7.25. The number of hydrogen-bond donors (Lipinski definition) is 0. The second-order valence-electron chi connectivity index (χ2n) is 1.33. The van der Waals surface area contributed by atoms with E-state index in [0.717, 1.165) is 0 Å². The van der Waals surface area contributed by atoms with Crippen molar-refractivity contribution < 1.29 is 9.59 Å². The van der Waals surface area contributed by atoms with Crippen LogP contribution in [0.1, 0.15) is 20.3 Å². The Kier molecular flexibility index (Phi) is 7.65. The number of ketones is 2. The van der Waals surface area contributed by atoms with Crippen molar-refractivity contribution in [2.24, 2.45) is 0 Å². The van der Waals surface area contributed by atoms with Crippen LogP contribution in [0, 0.1) is 0 Å². The van der Waals surface area contributed by atoms with Gasteiger partial charge in [0.25, 0.3) is 0 Å². The van der Waals surface area contributed by atoms with E-state index in [4.69, 9.17) is 0 Å². The van der Waals surface area contributed by atoms with Crippen LogP contribution in [0.2, 0.25) is 0 Å². The van der Waals surface area contributed by atoms with Crippen LogP contribution >= 0.6 is 0 Å². The topological polar surface area (TPSA) is 34.1 Å². The average Bonchev–Trinajstić information content (AvgIpc) is 1.65. The van der Waals surface area contributed by atoms with Gasteiger partial charge in [-0.25, -0.2) is 0 Å². The Morgan fingerprint density at radius 2 is 1.75 bits per heavy atom. The molecule has 2 nitrogen and oxygen atoms in total. The molecular formula is C5H9NaO2. The number of carbonyl (C=O) groups excluding carboxylic acids is 2. The van der Waals surface area contributed by atoms with Crippen LogP contribution in [0.5, 0.6) is 0 Å². The van der Waals surface area contributed by atoms with Crippen molar-refractivity contribution in [2.45, 2.75) is 20.3 Å². The third-order valence-electron chi connectivity index (χ3n) is 0.714. The fourth-order valence-corrected chi connectivity index (χ4v) is 0.249. The Bertz CT molecular complexity index is 98.6. The van der Waals surface area contributed by atoms with E-state index in [1.807, 2.05) is 0 Å². The SMILES string of the molecule is CCC(=O)C(C)=O.[NaH]. The van der Waals surface area contributed by atoms with Gasteiger partial charge < -0.3 is 0 Å². The van der Waals surface area contributed by atoms with E-state index in [1.165, 1.54) is 6.92 Å². The van der Waals surface area contributed by atoms with Gasteiger partial charge in [0.15, 0.2) is 11.6 Å². The Morgan fingerprint density at radius 3 is 1.75 bits per heavy atom. The fourth-order valence-electron chi connectivity index (χ4n) is 0.249. The molecule has 0 N–H and O–H groups in total. The molecular weight excluding hydrogens is 115 g/mol. The van der Waals surface area contributed by atoms with Crippen LogP contribution in [0.4, 0.5) is 0 Å². The molecule has 0 radical (unpaired) electrons. The fraction of sp³-hybridized carbons (Fsp3) is 0.600. The molecule has 0 unspecified atom stereocenters. The minimum absolute atomic E-state index is 0. The zero-order chi connectivity index (χ0) is 5.86.